The van der Waals surface area contributed by atoms with Crippen molar-refractivity contribution in [3.63, 3.8) is 0 Å². The molecule has 0 aromatic heterocycles. The largest absolute Gasteiger partial charge is 0.507 e. The van der Waals surface area contributed by atoms with Crippen molar-refractivity contribution < 1.29 is 5.11 Å². The quantitative estimate of drug-likeness (QED) is 0.470. The monoisotopic (exact) mass is 322 g/mol. The Morgan fingerprint density at radius 3 is 1.86 bits per heavy atom. The van der Waals surface area contributed by atoms with E-state index in [-0.39, 0.29) is 17.0 Å². The van der Waals surface area contributed by atoms with Crippen LogP contribution in [-0.4, -0.2) is 15.2 Å². The van der Waals surface area contributed by atoms with Gasteiger partial charge in [0, 0.05) is 0 Å². The lowest BCUT2D eigenvalue weighted by Gasteiger charge is -2.30. The van der Waals surface area contributed by atoms with Gasteiger partial charge in [-0.3, -0.25) is 10.4 Å². The molecule has 1 unspecified atom stereocenters. The Labute approximate surface area is 137 Å². The molecule has 0 radical (unpaired) electrons. The van der Waals surface area contributed by atoms with E-state index in [1.54, 1.807) is 0 Å². The number of aromatic hydroxyl groups is 1. The van der Waals surface area contributed by atoms with E-state index in [0.717, 1.165) is 16.7 Å². The lowest BCUT2D eigenvalue weighted by molar-refractivity contribution is 0.323. The fourth-order valence-electron chi connectivity index (χ4n) is 2.58. The molecule has 0 bridgehead atoms. The summed E-state index contributed by atoms with van der Waals surface area (Å²) < 4.78 is 0. The molecule has 1 aromatic rings. The van der Waals surface area contributed by atoms with E-state index in [1.807, 2.05) is 12.1 Å². The van der Waals surface area contributed by atoms with E-state index >= 15 is 0 Å². The summed E-state index contributed by atoms with van der Waals surface area (Å²) in [5, 5.41) is 12.7. The Hall–Kier alpha value is -1.37. The normalized spacial score (nSPS) is 19.5. The van der Waals surface area contributed by atoms with Crippen LogP contribution in [0.15, 0.2) is 12.1 Å². The predicted molar refractivity (Wildman–Crippen MR) is 93.1 cm³/mol. The van der Waals surface area contributed by atoms with E-state index in [0.29, 0.717) is 10.9 Å². The molecule has 1 fully saturated rings. The average Bonchev–Trinajstić information content (AvgIpc) is 2.68. The molecule has 5 nitrogen and oxygen atoms in total. The zero-order chi connectivity index (χ0) is 16.9. The SMILES string of the molecule is CC(C)(C)c1cc(C2NNC(=S)N2N)cc(C(C)(C)C)c1O. The summed E-state index contributed by atoms with van der Waals surface area (Å²) in [5.74, 6) is 6.38. The van der Waals surface area contributed by atoms with Crippen LogP contribution < -0.4 is 16.7 Å². The zero-order valence-electron chi connectivity index (χ0n) is 14.1. The van der Waals surface area contributed by atoms with Crippen LogP contribution in [0.1, 0.15) is 64.4 Å². The van der Waals surface area contributed by atoms with Crippen molar-refractivity contribution in [2.24, 2.45) is 5.84 Å². The number of hydrazine groups is 2. The number of hydrogen-bond acceptors (Lipinski definition) is 4. The number of phenols is 1. The molecule has 0 saturated carbocycles. The van der Waals surface area contributed by atoms with E-state index in [2.05, 4.69) is 52.4 Å². The van der Waals surface area contributed by atoms with Gasteiger partial charge in [0.1, 0.15) is 11.9 Å². The van der Waals surface area contributed by atoms with Gasteiger partial charge < -0.3 is 5.11 Å². The summed E-state index contributed by atoms with van der Waals surface area (Å²) in [6, 6.07) is 4.00. The standard InChI is InChI=1S/C16H26N4OS/c1-15(2,3)10-7-9(13-18-19-14(22)20(13)17)8-11(12(10)21)16(4,5)6/h7-8,13,18,21H,17H2,1-6H3,(H,19,22). The fourth-order valence-corrected chi connectivity index (χ4v) is 2.75. The van der Waals surface area contributed by atoms with Gasteiger partial charge in [-0.1, -0.05) is 41.5 Å². The first-order valence-corrected chi connectivity index (χ1v) is 7.81. The van der Waals surface area contributed by atoms with E-state index in [9.17, 15) is 5.11 Å². The minimum Gasteiger partial charge on any atom is -0.507 e. The molecule has 6 heteroatoms. The predicted octanol–water partition coefficient (Wildman–Crippen LogP) is 2.55. The van der Waals surface area contributed by atoms with Gasteiger partial charge in [-0.25, -0.2) is 11.3 Å². The number of nitrogens with two attached hydrogens (primary N) is 1. The zero-order valence-corrected chi connectivity index (χ0v) is 14.9. The Balaban J connectivity index is 2.63. The highest BCUT2D eigenvalue weighted by atomic mass is 32.1. The summed E-state index contributed by atoms with van der Waals surface area (Å²) in [6.45, 7) is 12.5. The molecule has 1 heterocycles. The first-order chi connectivity index (χ1) is 9.93. The Bertz CT molecular complexity index is 566. The molecular weight excluding hydrogens is 296 g/mol. The average molecular weight is 322 g/mol. The highest BCUT2D eigenvalue weighted by Gasteiger charge is 2.32. The maximum atomic E-state index is 10.7. The summed E-state index contributed by atoms with van der Waals surface area (Å²) in [5.41, 5.74) is 8.38. The van der Waals surface area contributed by atoms with E-state index in [4.69, 9.17) is 18.1 Å². The third-order valence-electron chi connectivity index (χ3n) is 3.89. The second-order valence-electron chi connectivity index (χ2n) is 7.85. The van der Waals surface area contributed by atoms with Crippen LogP contribution in [0, 0.1) is 0 Å². The third-order valence-corrected chi connectivity index (χ3v) is 4.21. The molecule has 122 valence electrons. The molecule has 1 aliphatic rings. The van der Waals surface area contributed by atoms with Crippen molar-refractivity contribution in [1.82, 2.24) is 15.9 Å². The summed E-state index contributed by atoms with van der Waals surface area (Å²) in [6.07, 6.45) is -0.254. The smallest absolute Gasteiger partial charge is 0.199 e. The van der Waals surface area contributed by atoms with Crippen LogP contribution in [0.5, 0.6) is 5.75 Å². The lowest BCUT2D eigenvalue weighted by Crippen LogP contribution is -2.36. The maximum Gasteiger partial charge on any atom is 0.199 e. The summed E-state index contributed by atoms with van der Waals surface area (Å²) >= 11 is 5.14. The molecule has 1 aromatic carbocycles. The van der Waals surface area contributed by atoms with Crippen molar-refractivity contribution in [1.29, 1.82) is 0 Å². The molecule has 1 saturated heterocycles. The molecule has 5 N–H and O–H groups in total. The minimum atomic E-state index is -0.254. The number of nitrogens with one attached hydrogen (secondary N) is 2. The van der Waals surface area contributed by atoms with E-state index < -0.39 is 0 Å². The molecule has 0 amide bonds. The Kier molecular flexibility index (Phi) is 4.14. The number of benzene rings is 1. The van der Waals surface area contributed by atoms with Gasteiger partial charge in [0.25, 0.3) is 0 Å². The van der Waals surface area contributed by atoms with Gasteiger partial charge in [0.05, 0.1) is 0 Å². The molecule has 0 spiro atoms. The summed E-state index contributed by atoms with van der Waals surface area (Å²) in [7, 11) is 0. The van der Waals surface area contributed by atoms with Gasteiger partial charge >= 0.3 is 0 Å². The fraction of sp³-hybridized carbons (Fsp3) is 0.562. The molecule has 1 aliphatic heterocycles. The lowest BCUT2D eigenvalue weighted by atomic mass is 9.78. The van der Waals surface area contributed by atoms with Crippen molar-refractivity contribution in [3.8, 4) is 5.75 Å². The number of thiocarbonyl (C=S) groups is 1. The minimum absolute atomic E-state index is 0.175. The van der Waals surface area contributed by atoms with Crippen LogP contribution in [0.3, 0.4) is 0 Å². The van der Waals surface area contributed by atoms with Crippen LogP contribution in [0.25, 0.3) is 0 Å². The second kappa shape index (κ2) is 5.37. The van der Waals surface area contributed by atoms with Gasteiger partial charge in [0.2, 0.25) is 0 Å². The van der Waals surface area contributed by atoms with Gasteiger partial charge in [-0.15, -0.1) is 0 Å². The van der Waals surface area contributed by atoms with Crippen LogP contribution in [-0.2, 0) is 10.8 Å². The number of nitrogens with zero attached hydrogens (tertiary/aromatic N) is 1. The third kappa shape index (κ3) is 3.04. The van der Waals surface area contributed by atoms with E-state index in [1.165, 1.54) is 5.01 Å². The molecule has 2 rings (SSSR count). The molecule has 1 atom stereocenters. The number of rotatable bonds is 1. The Morgan fingerprint density at radius 2 is 1.55 bits per heavy atom. The number of phenolic OH excluding ortho intramolecular Hbond substituents is 1. The van der Waals surface area contributed by atoms with Crippen LogP contribution in [0.2, 0.25) is 0 Å². The van der Waals surface area contributed by atoms with Gasteiger partial charge in [-0.2, -0.15) is 0 Å². The van der Waals surface area contributed by atoms with Crippen molar-refractivity contribution in [3.05, 3.63) is 28.8 Å². The van der Waals surface area contributed by atoms with Crippen molar-refractivity contribution >= 4 is 17.3 Å². The van der Waals surface area contributed by atoms with Crippen LogP contribution >= 0.6 is 12.2 Å². The molecule has 0 aliphatic carbocycles. The first kappa shape index (κ1) is 17.0. The highest BCUT2D eigenvalue weighted by molar-refractivity contribution is 7.80. The Morgan fingerprint density at radius 1 is 1.09 bits per heavy atom. The van der Waals surface area contributed by atoms with Gasteiger partial charge in [-0.05, 0) is 51.9 Å². The molecular formula is C16H26N4OS. The van der Waals surface area contributed by atoms with Crippen molar-refractivity contribution in [2.45, 2.75) is 58.5 Å². The molecule has 22 heavy (non-hydrogen) atoms. The first-order valence-electron chi connectivity index (χ1n) is 7.40. The maximum absolute atomic E-state index is 10.7. The van der Waals surface area contributed by atoms with Crippen molar-refractivity contribution in [2.75, 3.05) is 0 Å². The number of hydrogen-bond donors (Lipinski definition) is 4. The van der Waals surface area contributed by atoms with Gasteiger partial charge in [0.15, 0.2) is 5.11 Å². The second-order valence-corrected chi connectivity index (χ2v) is 8.24. The highest BCUT2D eigenvalue weighted by Crippen LogP contribution is 2.41. The topological polar surface area (TPSA) is 73.5 Å². The van der Waals surface area contributed by atoms with Crippen LogP contribution in [0.4, 0.5) is 0 Å². The summed E-state index contributed by atoms with van der Waals surface area (Å²) in [4.78, 5) is 0.